The summed E-state index contributed by atoms with van der Waals surface area (Å²) in [7, 11) is -4.39. The molecule has 0 heterocycles. The van der Waals surface area contributed by atoms with E-state index in [1.165, 1.54) is 24.3 Å². The molecule has 0 atom stereocenters. The van der Waals surface area contributed by atoms with Gasteiger partial charge in [-0.2, -0.15) is 0 Å². The van der Waals surface area contributed by atoms with Crippen LogP contribution in [-0.4, -0.2) is 20.0 Å². The molecule has 0 amide bonds. The van der Waals surface area contributed by atoms with Crippen molar-refractivity contribution >= 4 is 7.82 Å². The first-order valence-corrected chi connectivity index (χ1v) is 6.68. The fourth-order valence-electron chi connectivity index (χ4n) is 1.08. The first-order chi connectivity index (χ1) is 8.88. The standard InChI is InChI=1S/C6H7O4P.C6H6O2/c7-11(8,9)10-6-4-2-1-3-5-6;7-5-3-1-2-4-6(5)8/h1-5H,(H2,7,8,9);1-4,7-8H. The summed E-state index contributed by atoms with van der Waals surface area (Å²) >= 11 is 0. The molecule has 0 saturated heterocycles. The van der Waals surface area contributed by atoms with Crippen LogP contribution in [0.5, 0.6) is 17.2 Å². The van der Waals surface area contributed by atoms with E-state index in [9.17, 15) is 4.57 Å². The van der Waals surface area contributed by atoms with Gasteiger partial charge in [-0.05, 0) is 24.3 Å². The van der Waals surface area contributed by atoms with E-state index in [-0.39, 0.29) is 17.2 Å². The first-order valence-electron chi connectivity index (χ1n) is 5.15. The monoisotopic (exact) mass is 284 g/mol. The number of aromatic hydroxyl groups is 2. The normalized spacial score (nSPS) is 10.2. The van der Waals surface area contributed by atoms with Crippen LogP contribution in [0.1, 0.15) is 0 Å². The maximum Gasteiger partial charge on any atom is 0.524 e. The molecule has 0 aliphatic rings. The molecule has 0 radical (unpaired) electrons. The summed E-state index contributed by atoms with van der Waals surface area (Å²) in [4.78, 5) is 16.7. The molecule has 0 unspecified atom stereocenters. The van der Waals surface area contributed by atoms with Gasteiger partial charge in [0.05, 0.1) is 0 Å². The Hall–Kier alpha value is -2.01. The van der Waals surface area contributed by atoms with Crippen LogP contribution in [0.25, 0.3) is 0 Å². The van der Waals surface area contributed by atoms with Crippen LogP contribution < -0.4 is 4.52 Å². The minimum absolute atomic E-state index is 0.0764. The minimum atomic E-state index is -4.39. The van der Waals surface area contributed by atoms with Crippen LogP contribution >= 0.6 is 7.82 Å². The van der Waals surface area contributed by atoms with Crippen molar-refractivity contribution in [3.63, 3.8) is 0 Å². The Bertz CT molecular complexity index is 530. The number of phosphoric ester groups is 1. The zero-order valence-corrected chi connectivity index (χ0v) is 10.6. The van der Waals surface area contributed by atoms with Crippen LogP contribution in [-0.2, 0) is 4.57 Å². The molecule has 0 fully saturated rings. The Kier molecular flexibility index (Phi) is 5.38. The van der Waals surface area contributed by atoms with Gasteiger partial charge < -0.3 is 14.7 Å². The molecule has 19 heavy (non-hydrogen) atoms. The third-order valence-corrected chi connectivity index (χ3v) is 2.30. The Morgan fingerprint density at radius 2 is 1.21 bits per heavy atom. The van der Waals surface area contributed by atoms with Gasteiger partial charge >= 0.3 is 7.82 Å². The van der Waals surface area contributed by atoms with E-state index >= 15 is 0 Å². The largest absolute Gasteiger partial charge is 0.524 e. The number of para-hydroxylation sites is 3. The lowest BCUT2D eigenvalue weighted by atomic mass is 10.3. The molecule has 0 saturated carbocycles. The fraction of sp³-hybridized carbons (Fsp3) is 0. The van der Waals surface area contributed by atoms with Crippen molar-refractivity contribution in [1.82, 2.24) is 0 Å². The number of phenols is 2. The molecular weight excluding hydrogens is 271 g/mol. The van der Waals surface area contributed by atoms with Gasteiger partial charge in [-0.15, -0.1) is 0 Å². The lowest BCUT2D eigenvalue weighted by Crippen LogP contribution is -1.88. The Morgan fingerprint density at radius 3 is 1.58 bits per heavy atom. The van der Waals surface area contributed by atoms with Crippen molar-refractivity contribution in [3.8, 4) is 17.2 Å². The molecule has 7 heteroatoms. The van der Waals surface area contributed by atoms with Crippen LogP contribution in [0.4, 0.5) is 0 Å². The SMILES string of the molecule is O=P(O)(O)Oc1ccccc1.Oc1ccccc1O. The summed E-state index contributed by atoms with van der Waals surface area (Å²) < 4.78 is 14.5. The lowest BCUT2D eigenvalue weighted by Gasteiger charge is -2.04. The topological polar surface area (TPSA) is 107 Å². The molecule has 0 aliphatic heterocycles. The number of phenolic OH excluding ortho intramolecular Hbond substituents is 2. The average Bonchev–Trinajstić information content (AvgIpc) is 2.33. The number of hydrogen-bond acceptors (Lipinski definition) is 4. The molecule has 0 spiro atoms. The van der Waals surface area contributed by atoms with Crippen molar-refractivity contribution < 1.29 is 29.1 Å². The Balaban J connectivity index is 0.000000200. The number of hydrogen-bond donors (Lipinski definition) is 4. The van der Waals surface area contributed by atoms with Crippen molar-refractivity contribution in [2.75, 3.05) is 0 Å². The van der Waals surface area contributed by atoms with Gasteiger partial charge in [0.1, 0.15) is 5.75 Å². The highest BCUT2D eigenvalue weighted by molar-refractivity contribution is 7.46. The lowest BCUT2D eigenvalue weighted by molar-refractivity contribution is 0.283. The van der Waals surface area contributed by atoms with E-state index in [1.807, 2.05) is 0 Å². The van der Waals surface area contributed by atoms with Gasteiger partial charge in [-0.25, -0.2) is 4.57 Å². The second-order valence-electron chi connectivity index (χ2n) is 3.38. The zero-order valence-electron chi connectivity index (χ0n) is 9.75. The minimum Gasteiger partial charge on any atom is -0.504 e. The second kappa shape index (κ2) is 6.80. The van der Waals surface area contributed by atoms with E-state index in [2.05, 4.69) is 4.52 Å². The summed E-state index contributed by atoms with van der Waals surface area (Å²) in [5.41, 5.74) is 0. The number of phosphoric acid groups is 1. The van der Waals surface area contributed by atoms with Crippen LogP contribution in [0.3, 0.4) is 0 Å². The number of benzene rings is 2. The highest BCUT2D eigenvalue weighted by Gasteiger charge is 2.14. The second-order valence-corrected chi connectivity index (χ2v) is 4.55. The Labute approximate surface area is 109 Å². The van der Waals surface area contributed by atoms with E-state index in [0.717, 1.165) is 0 Å². The molecule has 6 nitrogen and oxygen atoms in total. The summed E-state index contributed by atoms with van der Waals surface area (Å²) in [5, 5.41) is 17.3. The van der Waals surface area contributed by atoms with Crippen molar-refractivity contribution in [1.29, 1.82) is 0 Å². The van der Waals surface area contributed by atoms with Crippen molar-refractivity contribution in [2.45, 2.75) is 0 Å². The van der Waals surface area contributed by atoms with Crippen molar-refractivity contribution in [3.05, 3.63) is 54.6 Å². The predicted molar refractivity (Wildman–Crippen MR) is 68.9 cm³/mol. The average molecular weight is 284 g/mol. The van der Waals surface area contributed by atoms with Gasteiger partial charge in [0.2, 0.25) is 0 Å². The van der Waals surface area contributed by atoms with E-state index in [0.29, 0.717) is 0 Å². The summed E-state index contributed by atoms with van der Waals surface area (Å²) in [5.74, 6) is 0.0147. The first kappa shape index (κ1) is 15.0. The molecular formula is C12H13O6P. The highest BCUT2D eigenvalue weighted by atomic mass is 31.2. The van der Waals surface area contributed by atoms with Gasteiger partial charge in [0.25, 0.3) is 0 Å². The molecule has 0 aromatic heterocycles. The molecule has 102 valence electrons. The van der Waals surface area contributed by atoms with Crippen LogP contribution in [0.15, 0.2) is 54.6 Å². The molecule has 2 aromatic carbocycles. The molecule has 2 aromatic rings. The maximum atomic E-state index is 10.3. The van der Waals surface area contributed by atoms with Gasteiger partial charge in [0.15, 0.2) is 11.5 Å². The van der Waals surface area contributed by atoms with Crippen molar-refractivity contribution in [2.24, 2.45) is 0 Å². The third kappa shape index (κ3) is 6.47. The van der Waals surface area contributed by atoms with Crippen LogP contribution in [0.2, 0.25) is 0 Å². The maximum absolute atomic E-state index is 10.3. The molecule has 4 N–H and O–H groups in total. The summed E-state index contributed by atoms with van der Waals surface area (Å²) in [6.07, 6.45) is 0. The van der Waals surface area contributed by atoms with Gasteiger partial charge in [-0.1, -0.05) is 30.3 Å². The van der Waals surface area contributed by atoms with E-state index < -0.39 is 7.82 Å². The van der Waals surface area contributed by atoms with E-state index in [4.69, 9.17) is 20.0 Å². The van der Waals surface area contributed by atoms with Gasteiger partial charge in [0, 0.05) is 0 Å². The molecule has 0 bridgehead atoms. The smallest absolute Gasteiger partial charge is 0.504 e. The van der Waals surface area contributed by atoms with E-state index in [1.54, 1.807) is 30.3 Å². The number of rotatable bonds is 2. The summed E-state index contributed by atoms with van der Waals surface area (Å²) in [6, 6.07) is 14.1. The highest BCUT2D eigenvalue weighted by Crippen LogP contribution is 2.36. The van der Waals surface area contributed by atoms with Crippen LogP contribution in [0, 0.1) is 0 Å². The molecule has 2 rings (SSSR count). The quantitative estimate of drug-likeness (QED) is 0.497. The fourth-order valence-corrected chi connectivity index (χ4v) is 1.48. The van der Waals surface area contributed by atoms with Gasteiger partial charge in [-0.3, -0.25) is 9.79 Å². The summed E-state index contributed by atoms with van der Waals surface area (Å²) in [6.45, 7) is 0. The zero-order chi connectivity index (χ0) is 14.3. The molecule has 0 aliphatic carbocycles. The third-order valence-electron chi connectivity index (χ3n) is 1.85. The Morgan fingerprint density at radius 1 is 0.789 bits per heavy atom. The predicted octanol–water partition coefficient (Wildman–Crippen LogP) is 2.26.